The van der Waals surface area contributed by atoms with Gasteiger partial charge in [0.2, 0.25) is 5.91 Å². The third-order valence-corrected chi connectivity index (χ3v) is 4.75. The number of hydrogen-bond donors (Lipinski definition) is 3. The van der Waals surface area contributed by atoms with Gasteiger partial charge in [-0.05, 0) is 44.5 Å². The molecule has 3 rings (SSSR count). The molecule has 1 aromatic carbocycles. The van der Waals surface area contributed by atoms with Crippen LogP contribution in [0.25, 0.3) is 0 Å². The molecule has 0 bridgehead atoms. The molecular formula is C19H23N5O4. The highest BCUT2D eigenvalue weighted by atomic mass is 16.5. The number of anilines is 1. The first-order valence-corrected chi connectivity index (χ1v) is 8.96. The zero-order chi connectivity index (χ0) is 20.3. The number of amides is 4. The average Bonchev–Trinajstić information content (AvgIpc) is 3.16. The summed E-state index contributed by atoms with van der Waals surface area (Å²) in [5, 5.41) is 12.4. The van der Waals surface area contributed by atoms with Crippen molar-refractivity contribution in [1.29, 1.82) is 0 Å². The highest BCUT2D eigenvalue weighted by Crippen LogP contribution is 2.23. The van der Waals surface area contributed by atoms with E-state index in [0.717, 1.165) is 21.9 Å². The molecule has 3 N–H and O–H groups in total. The summed E-state index contributed by atoms with van der Waals surface area (Å²) >= 11 is 0. The summed E-state index contributed by atoms with van der Waals surface area (Å²) in [6, 6.07) is 5.41. The summed E-state index contributed by atoms with van der Waals surface area (Å²) in [5.41, 5.74) is 3.16. The van der Waals surface area contributed by atoms with Crippen LogP contribution in [-0.2, 0) is 16.1 Å². The fraction of sp³-hybridized carbons (Fsp3) is 0.368. The Morgan fingerprint density at radius 2 is 1.96 bits per heavy atom. The first kappa shape index (κ1) is 19.4. The molecule has 1 aromatic heterocycles. The van der Waals surface area contributed by atoms with Crippen LogP contribution >= 0.6 is 0 Å². The smallest absolute Gasteiger partial charge is 0.329 e. The van der Waals surface area contributed by atoms with Gasteiger partial charge in [-0.2, -0.15) is 5.10 Å². The number of ether oxygens (including phenoxy) is 1. The van der Waals surface area contributed by atoms with E-state index in [1.807, 2.05) is 13.8 Å². The van der Waals surface area contributed by atoms with E-state index in [2.05, 4.69) is 20.8 Å². The van der Waals surface area contributed by atoms with Gasteiger partial charge in [0, 0.05) is 24.2 Å². The number of hydrogen-bond acceptors (Lipinski definition) is 5. The van der Waals surface area contributed by atoms with Crippen LogP contribution in [-0.4, -0.2) is 41.2 Å². The number of aryl methyl sites for hydroxylation is 2. The van der Waals surface area contributed by atoms with E-state index >= 15 is 0 Å². The number of carbonyl (C=O) groups is 3. The standard InChI is InChI=1S/C19H23N5O4/c1-11-15(12(2)23-22-11)10-20-17(25)9-8-16-18(26)24(19(27)21-16)13-4-6-14(28-3)7-5-13/h4-7,16H,8-10H2,1-3H3,(H,20,25)(H,21,27)(H,22,23). The fourth-order valence-corrected chi connectivity index (χ4v) is 3.09. The van der Waals surface area contributed by atoms with Gasteiger partial charge in [0.15, 0.2) is 0 Å². The topological polar surface area (TPSA) is 116 Å². The second-order valence-electron chi connectivity index (χ2n) is 6.60. The molecule has 9 heteroatoms. The Bertz CT molecular complexity index is 871. The summed E-state index contributed by atoms with van der Waals surface area (Å²) < 4.78 is 5.08. The molecule has 1 aliphatic rings. The van der Waals surface area contributed by atoms with Crippen LogP contribution in [0.15, 0.2) is 24.3 Å². The number of carbonyl (C=O) groups excluding carboxylic acids is 3. The maximum absolute atomic E-state index is 12.6. The first-order valence-electron chi connectivity index (χ1n) is 8.96. The van der Waals surface area contributed by atoms with Crippen molar-refractivity contribution in [2.45, 2.75) is 39.3 Å². The van der Waals surface area contributed by atoms with Gasteiger partial charge >= 0.3 is 6.03 Å². The maximum Gasteiger partial charge on any atom is 0.329 e. The fourth-order valence-electron chi connectivity index (χ4n) is 3.09. The van der Waals surface area contributed by atoms with Crippen molar-refractivity contribution >= 4 is 23.5 Å². The number of aromatic nitrogens is 2. The van der Waals surface area contributed by atoms with Gasteiger partial charge in [-0.1, -0.05) is 0 Å². The summed E-state index contributed by atoms with van der Waals surface area (Å²) in [6.45, 7) is 4.13. The Hall–Kier alpha value is -3.36. The molecule has 9 nitrogen and oxygen atoms in total. The lowest BCUT2D eigenvalue weighted by Gasteiger charge is -2.13. The minimum absolute atomic E-state index is 0.128. The van der Waals surface area contributed by atoms with Crippen LogP contribution in [0, 0.1) is 13.8 Å². The molecule has 0 spiro atoms. The molecule has 4 amide bonds. The third-order valence-electron chi connectivity index (χ3n) is 4.75. The summed E-state index contributed by atoms with van der Waals surface area (Å²) in [7, 11) is 1.54. The number of aromatic amines is 1. The molecule has 1 fully saturated rings. The van der Waals surface area contributed by atoms with Crippen LogP contribution in [0.4, 0.5) is 10.5 Å². The number of urea groups is 1. The molecule has 28 heavy (non-hydrogen) atoms. The van der Waals surface area contributed by atoms with Crippen LogP contribution in [0.5, 0.6) is 5.75 Å². The first-order chi connectivity index (χ1) is 13.4. The second-order valence-corrected chi connectivity index (χ2v) is 6.60. The van der Waals surface area contributed by atoms with Crippen LogP contribution in [0.2, 0.25) is 0 Å². The predicted octanol–water partition coefficient (Wildman–Crippen LogP) is 1.56. The molecule has 0 saturated carbocycles. The van der Waals surface area contributed by atoms with Crippen molar-refractivity contribution in [3.63, 3.8) is 0 Å². The van der Waals surface area contributed by atoms with Crippen molar-refractivity contribution in [3.05, 3.63) is 41.2 Å². The Morgan fingerprint density at radius 1 is 1.25 bits per heavy atom. The van der Waals surface area contributed by atoms with E-state index in [1.165, 1.54) is 0 Å². The highest BCUT2D eigenvalue weighted by molar-refractivity contribution is 6.21. The van der Waals surface area contributed by atoms with E-state index in [-0.39, 0.29) is 24.7 Å². The minimum Gasteiger partial charge on any atom is -0.497 e. The number of methoxy groups -OCH3 is 1. The summed E-state index contributed by atoms with van der Waals surface area (Å²) in [4.78, 5) is 38.0. The van der Waals surface area contributed by atoms with Crippen molar-refractivity contribution in [2.24, 2.45) is 0 Å². The van der Waals surface area contributed by atoms with Gasteiger partial charge in [-0.3, -0.25) is 14.7 Å². The van der Waals surface area contributed by atoms with Crippen LogP contribution < -0.4 is 20.3 Å². The number of H-pyrrole nitrogens is 1. The maximum atomic E-state index is 12.6. The highest BCUT2D eigenvalue weighted by Gasteiger charge is 2.38. The van der Waals surface area contributed by atoms with Gasteiger partial charge in [0.05, 0.1) is 18.5 Å². The van der Waals surface area contributed by atoms with Gasteiger partial charge in [0.1, 0.15) is 11.8 Å². The molecule has 2 aromatic rings. The molecule has 2 heterocycles. The van der Waals surface area contributed by atoms with Crippen molar-refractivity contribution < 1.29 is 19.1 Å². The lowest BCUT2D eigenvalue weighted by Crippen LogP contribution is -2.32. The predicted molar refractivity (Wildman–Crippen MR) is 102 cm³/mol. The number of rotatable bonds is 7. The second kappa shape index (κ2) is 8.12. The number of nitrogens with one attached hydrogen (secondary N) is 3. The van der Waals surface area contributed by atoms with Gasteiger partial charge in [-0.15, -0.1) is 0 Å². The van der Waals surface area contributed by atoms with E-state index < -0.39 is 12.1 Å². The van der Waals surface area contributed by atoms with E-state index in [9.17, 15) is 14.4 Å². The molecule has 1 atom stereocenters. The number of benzene rings is 1. The summed E-state index contributed by atoms with van der Waals surface area (Å²) in [6.07, 6.45) is 0.357. The SMILES string of the molecule is COc1ccc(N2C(=O)NC(CCC(=O)NCc3c(C)n[nH]c3C)C2=O)cc1. The molecular weight excluding hydrogens is 362 g/mol. The number of imide groups is 1. The molecule has 0 aliphatic carbocycles. The Kier molecular flexibility index (Phi) is 5.62. The van der Waals surface area contributed by atoms with Gasteiger partial charge in [0.25, 0.3) is 5.91 Å². The zero-order valence-electron chi connectivity index (χ0n) is 16.0. The normalized spacial score (nSPS) is 16.2. The Labute approximate surface area is 162 Å². The van der Waals surface area contributed by atoms with E-state index in [1.54, 1.807) is 31.4 Å². The minimum atomic E-state index is -0.724. The molecule has 1 saturated heterocycles. The Balaban J connectivity index is 1.54. The van der Waals surface area contributed by atoms with Crippen molar-refractivity contribution in [3.8, 4) is 5.75 Å². The monoisotopic (exact) mass is 385 g/mol. The molecule has 1 unspecified atom stereocenters. The molecule has 148 valence electrons. The number of nitrogens with zero attached hydrogens (tertiary/aromatic N) is 2. The molecule has 1 aliphatic heterocycles. The average molecular weight is 385 g/mol. The summed E-state index contributed by atoms with van der Waals surface area (Å²) in [5.74, 6) is 0.0709. The van der Waals surface area contributed by atoms with Gasteiger partial charge in [-0.25, -0.2) is 9.69 Å². The van der Waals surface area contributed by atoms with Crippen molar-refractivity contribution in [1.82, 2.24) is 20.8 Å². The molecule has 0 radical (unpaired) electrons. The third kappa shape index (κ3) is 3.98. The Morgan fingerprint density at radius 3 is 2.57 bits per heavy atom. The largest absolute Gasteiger partial charge is 0.497 e. The lowest BCUT2D eigenvalue weighted by molar-refractivity contribution is -0.122. The van der Waals surface area contributed by atoms with Gasteiger partial charge < -0.3 is 15.4 Å². The lowest BCUT2D eigenvalue weighted by atomic mass is 10.1. The van der Waals surface area contributed by atoms with Crippen molar-refractivity contribution in [2.75, 3.05) is 12.0 Å². The quantitative estimate of drug-likeness (QED) is 0.626. The van der Waals surface area contributed by atoms with E-state index in [0.29, 0.717) is 18.0 Å². The van der Waals surface area contributed by atoms with Crippen LogP contribution in [0.3, 0.4) is 0 Å². The van der Waals surface area contributed by atoms with Crippen LogP contribution in [0.1, 0.15) is 29.8 Å². The van der Waals surface area contributed by atoms with E-state index in [4.69, 9.17) is 4.74 Å². The zero-order valence-corrected chi connectivity index (χ0v) is 16.0.